The lowest BCUT2D eigenvalue weighted by atomic mass is 10.1. The number of pyridine rings is 1. The Bertz CT molecular complexity index is 535. The SMILES string of the molecule is COc1nc(C)ccc1-c1cc(F)cc(F)c1. The Kier molecular flexibility index (Phi) is 3.04. The normalized spacial score (nSPS) is 10.4. The molecule has 1 heterocycles. The van der Waals surface area contributed by atoms with E-state index >= 15 is 0 Å². The largest absolute Gasteiger partial charge is 0.481 e. The van der Waals surface area contributed by atoms with E-state index in [4.69, 9.17) is 4.74 Å². The third-order valence-corrected chi connectivity index (χ3v) is 2.37. The molecule has 0 aliphatic heterocycles. The first-order chi connectivity index (χ1) is 8.10. The van der Waals surface area contributed by atoms with Crippen LogP contribution >= 0.6 is 0 Å². The third-order valence-electron chi connectivity index (χ3n) is 2.37. The zero-order valence-electron chi connectivity index (χ0n) is 9.50. The predicted octanol–water partition coefficient (Wildman–Crippen LogP) is 3.34. The Morgan fingerprint density at radius 1 is 1.06 bits per heavy atom. The van der Waals surface area contributed by atoms with E-state index in [9.17, 15) is 8.78 Å². The van der Waals surface area contributed by atoms with Crippen LogP contribution < -0.4 is 4.74 Å². The molecule has 0 fully saturated rings. The number of aromatic nitrogens is 1. The van der Waals surface area contributed by atoms with Crippen molar-refractivity contribution in [3.63, 3.8) is 0 Å². The summed E-state index contributed by atoms with van der Waals surface area (Å²) in [5.74, 6) is -0.889. The maximum atomic E-state index is 13.1. The minimum absolute atomic E-state index is 0.356. The van der Waals surface area contributed by atoms with Gasteiger partial charge in [0.15, 0.2) is 0 Å². The van der Waals surface area contributed by atoms with Crippen molar-refractivity contribution in [1.82, 2.24) is 4.98 Å². The summed E-state index contributed by atoms with van der Waals surface area (Å²) in [5.41, 5.74) is 1.76. The summed E-state index contributed by atoms with van der Waals surface area (Å²) in [6.45, 7) is 1.82. The van der Waals surface area contributed by atoms with E-state index in [-0.39, 0.29) is 0 Å². The highest BCUT2D eigenvalue weighted by Gasteiger charge is 2.10. The highest BCUT2D eigenvalue weighted by molar-refractivity contribution is 5.68. The number of methoxy groups -OCH3 is 1. The average molecular weight is 235 g/mol. The van der Waals surface area contributed by atoms with Crippen LogP contribution in [-0.4, -0.2) is 12.1 Å². The lowest BCUT2D eigenvalue weighted by Crippen LogP contribution is -1.94. The molecule has 1 aromatic carbocycles. The monoisotopic (exact) mass is 235 g/mol. The van der Waals surface area contributed by atoms with E-state index in [0.29, 0.717) is 17.0 Å². The molecule has 0 N–H and O–H groups in total. The highest BCUT2D eigenvalue weighted by Crippen LogP contribution is 2.29. The van der Waals surface area contributed by atoms with Gasteiger partial charge in [0.2, 0.25) is 5.88 Å². The topological polar surface area (TPSA) is 22.1 Å². The van der Waals surface area contributed by atoms with Gasteiger partial charge in [0.25, 0.3) is 0 Å². The van der Waals surface area contributed by atoms with Crippen molar-refractivity contribution in [3.8, 4) is 17.0 Å². The Balaban J connectivity index is 2.59. The van der Waals surface area contributed by atoms with Crippen LogP contribution in [0.25, 0.3) is 11.1 Å². The van der Waals surface area contributed by atoms with Gasteiger partial charge >= 0.3 is 0 Å². The van der Waals surface area contributed by atoms with E-state index in [1.807, 2.05) is 6.92 Å². The first-order valence-electron chi connectivity index (χ1n) is 5.08. The second-order valence-corrected chi connectivity index (χ2v) is 3.67. The van der Waals surface area contributed by atoms with E-state index in [1.54, 1.807) is 12.1 Å². The second-order valence-electron chi connectivity index (χ2n) is 3.67. The van der Waals surface area contributed by atoms with Gasteiger partial charge in [0.05, 0.1) is 7.11 Å². The van der Waals surface area contributed by atoms with Gasteiger partial charge in [-0.15, -0.1) is 0 Å². The molecule has 4 heteroatoms. The zero-order chi connectivity index (χ0) is 12.4. The van der Waals surface area contributed by atoms with Crippen LogP contribution in [0.15, 0.2) is 30.3 Å². The third kappa shape index (κ3) is 2.41. The molecular weight excluding hydrogens is 224 g/mol. The Labute approximate surface area is 97.9 Å². The van der Waals surface area contributed by atoms with Gasteiger partial charge in [-0.3, -0.25) is 0 Å². The fraction of sp³-hybridized carbons (Fsp3) is 0.154. The molecule has 0 bridgehead atoms. The molecule has 0 amide bonds. The molecule has 2 nitrogen and oxygen atoms in total. The summed E-state index contributed by atoms with van der Waals surface area (Å²) in [5, 5.41) is 0. The molecule has 2 aromatic rings. The average Bonchev–Trinajstić information content (AvgIpc) is 2.27. The van der Waals surface area contributed by atoms with Crippen molar-refractivity contribution in [2.45, 2.75) is 6.92 Å². The number of aryl methyl sites for hydroxylation is 1. The molecule has 0 aliphatic rings. The molecule has 0 saturated carbocycles. The fourth-order valence-electron chi connectivity index (χ4n) is 1.62. The van der Waals surface area contributed by atoms with Crippen LogP contribution in [0, 0.1) is 18.6 Å². The summed E-state index contributed by atoms with van der Waals surface area (Å²) in [6, 6.07) is 6.82. The van der Waals surface area contributed by atoms with Crippen molar-refractivity contribution in [2.75, 3.05) is 7.11 Å². The van der Waals surface area contributed by atoms with Crippen molar-refractivity contribution >= 4 is 0 Å². The maximum absolute atomic E-state index is 13.1. The van der Waals surface area contributed by atoms with Gasteiger partial charge in [-0.2, -0.15) is 0 Å². The molecule has 0 atom stereocenters. The van der Waals surface area contributed by atoms with Crippen molar-refractivity contribution in [2.24, 2.45) is 0 Å². The number of benzene rings is 1. The molecule has 0 radical (unpaired) electrons. The number of hydrogen-bond donors (Lipinski definition) is 0. The maximum Gasteiger partial charge on any atom is 0.221 e. The van der Waals surface area contributed by atoms with Gasteiger partial charge in [-0.25, -0.2) is 13.8 Å². The summed E-state index contributed by atoms with van der Waals surface area (Å²) < 4.78 is 31.4. The molecular formula is C13H11F2NO. The summed E-state index contributed by atoms with van der Waals surface area (Å²) >= 11 is 0. The lowest BCUT2D eigenvalue weighted by molar-refractivity contribution is 0.398. The Hall–Kier alpha value is -1.97. The molecule has 17 heavy (non-hydrogen) atoms. The number of nitrogens with zero attached hydrogens (tertiary/aromatic N) is 1. The lowest BCUT2D eigenvalue weighted by Gasteiger charge is -2.08. The second kappa shape index (κ2) is 4.49. The first kappa shape index (κ1) is 11.5. The van der Waals surface area contributed by atoms with E-state index in [1.165, 1.54) is 19.2 Å². The minimum atomic E-state index is -0.623. The van der Waals surface area contributed by atoms with Gasteiger partial charge in [-0.1, -0.05) is 0 Å². The molecule has 0 saturated heterocycles. The summed E-state index contributed by atoms with van der Waals surface area (Å²) in [4.78, 5) is 4.16. The number of ether oxygens (including phenoxy) is 1. The highest BCUT2D eigenvalue weighted by atomic mass is 19.1. The van der Waals surface area contributed by atoms with Crippen molar-refractivity contribution in [1.29, 1.82) is 0 Å². The van der Waals surface area contributed by atoms with Crippen LogP contribution in [0.2, 0.25) is 0 Å². The quantitative estimate of drug-likeness (QED) is 0.796. The van der Waals surface area contributed by atoms with Crippen LogP contribution in [0.1, 0.15) is 5.69 Å². The van der Waals surface area contributed by atoms with E-state index < -0.39 is 11.6 Å². The number of halogens is 2. The smallest absolute Gasteiger partial charge is 0.221 e. The van der Waals surface area contributed by atoms with E-state index in [0.717, 1.165) is 11.8 Å². The number of rotatable bonds is 2. The van der Waals surface area contributed by atoms with Crippen LogP contribution in [0.4, 0.5) is 8.78 Å². The van der Waals surface area contributed by atoms with Gasteiger partial charge in [-0.05, 0) is 36.8 Å². The van der Waals surface area contributed by atoms with Crippen LogP contribution in [0.5, 0.6) is 5.88 Å². The molecule has 1 aromatic heterocycles. The zero-order valence-corrected chi connectivity index (χ0v) is 9.50. The molecule has 0 spiro atoms. The minimum Gasteiger partial charge on any atom is -0.481 e. The summed E-state index contributed by atoms with van der Waals surface area (Å²) in [6.07, 6.45) is 0. The molecule has 2 rings (SSSR count). The molecule has 88 valence electrons. The van der Waals surface area contributed by atoms with Crippen LogP contribution in [0.3, 0.4) is 0 Å². The van der Waals surface area contributed by atoms with Crippen molar-refractivity contribution < 1.29 is 13.5 Å². The van der Waals surface area contributed by atoms with Gasteiger partial charge in [0, 0.05) is 17.3 Å². The van der Waals surface area contributed by atoms with Gasteiger partial charge in [0.1, 0.15) is 11.6 Å². The first-order valence-corrected chi connectivity index (χ1v) is 5.08. The predicted molar refractivity (Wildman–Crippen MR) is 60.9 cm³/mol. The summed E-state index contributed by atoms with van der Waals surface area (Å²) in [7, 11) is 1.47. The van der Waals surface area contributed by atoms with E-state index in [2.05, 4.69) is 4.98 Å². The number of hydrogen-bond acceptors (Lipinski definition) is 2. The Morgan fingerprint density at radius 2 is 1.71 bits per heavy atom. The molecule has 0 unspecified atom stereocenters. The van der Waals surface area contributed by atoms with Crippen molar-refractivity contribution in [3.05, 3.63) is 47.7 Å². The Morgan fingerprint density at radius 3 is 2.29 bits per heavy atom. The fourth-order valence-corrected chi connectivity index (χ4v) is 1.62. The van der Waals surface area contributed by atoms with Crippen LogP contribution in [-0.2, 0) is 0 Å². The van der Waals surface area contributed by atoms with Gasteiger partial charge < -0.3 is 4.74 Å². The standard InChI is InChI=1S/C13H11F2NO/c1-8-3-4-12(13(16-8)17-2)9-5-10(14)7-11(15)6-9/h3-7H,1-2H3. The molecule has 0 aliphatic carbocycles.